The normalized spacial score (nSPS) is 14.0. The third-order valence-corrected chi connectivity index (χ3v) is 6.89. The third-order valence-electron chi connectivity index (χ3n) is 2.89. The predicted molar refractivity (Wildman–Crippen MR) is 85.0 cm³/mol. The highest BCUT2D eigenvalue weighted by Crippen LogP contribution is 2.35. The number of sulfonamides is 1. The van der Waals surface area contributed by atoms with Gasteiger partial charge in [0, 0.05) is 6.07 Å². The molecule has 0 saturated carbocycles. The molecule has 1 aromatic heterocycles. The molecular formula is C13H12BrNO4S2. The number of hydrogen-bond acceptors (Lipinski definition) is 5. The van der Waals surface area contributed by atoms with Crippen LogP contribution in [0.3, 0.4) is 0 Å². The minimum atomic E-state index is -3.60. The van der Waals surface area contributed by atoms with Gasteiger partial charge in [-0.2, -0.15) is 0 Å². The van der Waals surface area contributed by atoms with Crippen LogP contribution in [0.4, 0.5) is 5.69 Å². The van der Waals surface area contributed by atoms with Crippen LogP contribution in [0.2, 0.25) is 0 Å². The number of anilines is 1. The zero-order chi connectivity index (χ0) is 15.0. The average Bonchev–Trinajstić information content (AvgIpc) is 2.79. The van der Waals surface area contributed by atoms with Crippen LogP contribution in [0.5, 0.6) is 11.5 Å². The number of ether oxygens (including phenoxy) is 2. The largest absolute Gasteiger partial charge is 0.486 e. The van der Waals surface area contributed by atoms with Gasteiger partial charge in [-0.1, -0.05) is 0 Å². The minimum absolute atomic E-state index is 0.266. The van der Waals surface area contributed by atoms with Gasteiger partial charge in [-0.25, -0.2) is 8.42 Å². The Morgan fingerprint density at radius 3 is 2.57 bits per heavy atom. The van der Waals surface area contributed by atoms with Crippen molar-refractivity contribution in [1.29, 1.82) is 0 Å². The summed E-state index contributed by atoms with van der Waals surface area (Å²) in [4.78, 5) is 0. The van der Waals surface area contributed by atoms with E-state index in [0.717, 1.165) is 9.35 Å². The van der Waals surface area contributed by atoms with E-state index in [2.05, 4.69) is 20.7 Å². The number of thiophene rings is 1. The standard InChI is InChI=1S/C13H12BrNO4S2/c1-8-6-12(20-13(8)14)21(16,17)15-9-2-3-10-11(7-9)19-5-4-18-10/h2-3,6-7,15H,4-5H2,1H3. The number of nitrogens with one attached hydrogen (secondary N) is 1. The number of aryl methyl sites for hydroxylation is 1. The number of fused-ring (bicyclic) bond motifs is 1. The highest BCUT2D eigenvalue weighted by Gasteiger charge is 2.20. The summed E-state index contributed by atoms with van der Waals surface area (Å²) in [5.74, 6) is 1.17. The maximum Gasteiger partial charge on any atom is 0.271 e. The second-order valence-corrected chi connectivity index (χ2v) is 8.77. The lowest BCUT2D eigenvalue weighted by molar-refractivity contribution is 0.171. The summed E-state index contributed by atoms with van der Waals surface area (Å²) in [6.45, 7) is 2.81. The lowest BCUT2D eigenvalue weighted by atomic mass is 10.3. The van der Waals surface area contributed by atoms with Gasteiger partial charge in [-0.3, -0.25) is 4.72 Å². The Labute approximate surface area is 135 Å². The molecule has 3 rings (SSSR count). The van der Waals surface area contributed by atoms with Crippen molar-refractivity contribution in [3.63, 3.8) is 0 Å². The Balaban J connectivity index is 1.88. The molecule has 0 fully saturated rings. The molecule has 5 nitrogen and oxygen atoms in total. The Kier molecular flexibility index (Phi) is 3.85. The van der Waals surface area contributed by atoms with Crippen LogP contribution in [0.15, 0.2) is 32.3 Å². The molecule has 112 valence electrons. The maximum atomic E-state index is 12.3. The summed E-state index contributed by atoms with van der Waals surface area (Å²) in [5.41, 5.74) is 1.34. The van der Waals surface area contributed by atoms with E-state index in [9.17, 15) is 8.42 Å². The van der Waals surface area contributed by atoms with Crippen molar-refractivity contribution in [2.45, 2.75) is 11.1 Å². The molecule has 1 aromatic carbocycles. The molecule has 0 saturated heterocycles. The van der Waals surface area contributed by atoms with Gasteiger partial charge in [0.25, 0.3) is 10.0 Å². The molecule has 21 heavy (non-hydrogen) atoms. The SMILES string of the molecule is Cc1cc(S(=O)(=O)Nc2ccc3c(c2)OCCO3)sc1Br. The van der Waals surface area contributed by atoms with Crippen LogP contribution in [-0.2, 0) is 10.0 Å². The molecule has 0 atom stereocenters. The molecule has 0 aliphatic carbocycles. The van der Waals surface area contributed by atoms with Crippen LogP contribution in [0, 0.1) is 6.92 Å². The van der Waals surface area contributed by atoms with Crippen LogP contribution in [0.1, 0.15) is 5.56 Å². The van der Waals surface area contributed by atoms with E-state index in [1.165, 1.54) is 11.3 Å². The Morgan fingerprint density at radius 2 is 1.90 bits per heavy atom. The first kappa shape index (κ1) is 14.7. The molecule has 2 aromatic rings. The zero-order valence-corrected chi connectivity index (χ0v) is 14.3. The summed E-state index contributed by atoms with van der Waals surface area (Å²) >= 11 is 4.51. The Morgan fingerprint density at radius 1 is 1.19 bits per heavy atom. The van der Waals surface area contributed by atoms with Gasteiger partial charge < -0.3 is 9.47 Å². The van der Waals surface area contributed by atoms with Crippen molar-refractivity contribution in [3.05, 3.63) is 33.6 Å². The van der Waals surface area contributed by atoms with Crippen molar-refractivity contribution < 1.29 is 17.9 Å². The molecule has 1 N–H and O–H groups in total. The number of benzene rings is 1. The highest BCUT2D eigenvalue weighted by atomic mass is 79.9. The topological polar surface area (TPSA) is 64.6 Å². The second-order valence-electron chi connectivity index (χ2n) is 4.49. The first-order valence-corrected chi connectivity index (χ1v) is 9.23. The van der Waals surface area contributed by atoms with E-state index >= 15 is 0 Å². The summed E-state index contributed by atoms with van der Waals surface area (Å²) in [7, 11) is -3.60. The van der Waals surface area contributed by atoms with Crippen LogP contribution in [0.25, 0.3) is 0 Å². The van der Waals surface area contributed by atoms with Gasteiger partial charge in [0.1, 0.15) is 17.4 Å². The average molecular weight is 390 g/mol. The predicted octanol–water partition coefficient (Wildman–Crippen LogP) is 3.39. The van der Waals surface area contributed by atoms with E-state index < -0.39 is 10.0 Å². The molecule has 0 spiro atoms. The lowest BCUT2D eigenvalue weighted by Crippen LogP contribution is -2.16. The quantitative estimate of drug-likeness (QED) is 0.873. The van der Waals surface area contributed by atoms with E-state index in [4.69, 9.17) is 9.47 Å². The number of halogens is 1. The van der Waals surface area contributed by atoms with Gasteiger partial charge in [0.2, 0.25) is 0 Å². The minimum Gasteiger partial charge on any atom is -0.486 e. The first-order valence-electron chi connectivity index (χ1n) is 6.14. The summed E-state index contributed by atoms with van der Waals surface area (Å²) in [6.07, 6.45) is 0. The molecule has 8 heteroatoms. The fourth-order valence-corrected chi connectivity index (χ4v) is 5.15. The van der Waals surface area contributed by atoms with Crippen molar-refractivity contribution in [1.82, 2.24) is 0 Å². The van der Waals surface area contributed by atoms with E-state index in [1.54, 1.807) is 24.3 Å². The fourth-order valence-electron chi connectivity index (χ4n) is 1.88. The van der Waals surface area contributed by atoms with Gasteiger partial charge in [0.15, 0.2) is 11.5 Å². The maximum absolute atomic E-state index is 12.3. The number of rotatable bonds is 3. The summed E-state index contributed by atoms with van der Waals surface area (Å²) < 4.78 is 39.2. The zero-order valence-electron chi connectivity index (χ0n) is 11.1. The molecule has 0 radical (unpaired) electrons. The smallest absolute Gasteiger partial charge is 0.271 e. The molecule has 1 aliphatic rings. The van der Waals surface area contributed by atoms with Gasteiger partial charge in [0.05, 0.1) is 9.47 Å². The highest BCUT2D eigenvalue weighted by molar-refractivity contribution is 9.11. The van der Waals surface area contributed by atoms with E-state index in [1.807, 2.05) is 6.92 Å². The molecule has 2 heterocycles. The number of hydrogen-bond donors (Lipinski definition) is 1. The molecule has 0 unspecified atom stereocenters. The summed E-state index contributed by atoms with van der Waals surface area (Å²) in [6, 6.07) is 6.61. The van der Waals surface area contributed by atoms with Crippen molar-refractivity contribution >= 4 is 43.0 Å². The first-order chi connectivity index (χ1) is 9.95. The van der Waals surface area contributed by atoms with Gasteiger partial charge in [-0.15, -0.1) is 11.3 Å². The molecule has 0 amide bonds. The van der Waals surface area contributed by atoms with Crippen molar-refractivity contribution in [2.24, 2.45) is 0 Å². The van der Waals surface area contributed by atoms with Crippen molar-refractivity contribution in [2.75, 3.05) is 17.9 Å². The van der Waals surface area contributed by atoms with Crippen LogP contribution < -0.4 is 14.2 Å². The fraction of sp³-hybridized carbons (Fsp3) is 0.231. The van der Waals surface area contributed by atoms with Crippen LogP contribution >= 0.6 is 27.3 Å². The van der Waals surface area contributed by atoms with Gasteiger partial charge in [-0.05, 0) is 46.6 Å². The Hall–Kier alpha value is -1.25. The lowest BCUT2D eigenvalue weighted by Gasteiger charge is -2.19. The van der Waals surface area contributed by atoms with Crippen LogP contribution in [-0.4, -0.2) is 21.6 Å². The monoisotopic (exact) mass is 389 g/mol. The van der Waals surface area contributed by atoms with E-state index in [-0.39, 0.29) is 4.21 Å². The van der Waals surface area contributed by atoms with Gasteiger partial charge >= 0.3 is 0 Å². The Bertz CT molecular complexity index is 766. The molecule has 0 bridgehead atoms. The van der Waals surface area contributed by atoms with Crippen molar-refractivity contribution in [3.8, 4) is 11.5 Å². The summed E-state index contributed by atoms with van der Waals surface area (Å²) in [5, 5.41) is 0. The van der Waals surface area contributed by atoms with E-state index in [0.29, 0.717) is 30.4 Å². The second kappa shape index (κ2) is 5.51. The molecule has 1 aliphatic heterocycles. The molecular weight excluding hydrogens is 378 g/mol. The third kappa shape index (κ3) is 3.02.